The third-order valence-electron chi connectivity index (χ3n) is 6.91. The minimum Gasteiger partial charge on any atom is -0.493 e. The van der Waals surface area contributed by atoms with Gasteiger partial charge in [-0.25, -0.2) is 9.78 Å². The Hall–Kier alpha value is -5.10. The summed E-state index contributed by atoms with van der Waals surface area (Å²) < 4.78 is 8.03. The molecule has 39 heavy (non-hydrogen) atoms. The Bertz CT molecular complexity index is 1780. The van der Waals surface area contributed by atoms with Gasteiger partial charge in [0.2, 0.25) is 0 Å². The molecule has 2 N–H and O–H groups in total. The lowest BCUT2D eigenvalue weighted by molar-refractivity contribution is 0.0690. The summed E-state index contributed by atoms with van der Waals surface area (Å²) in [5.41, 5.74) is 4.72. The summed E-state index contributed by atoms with van der Waals surface area (Å²) in [6, 6.07) is 30.2. The molecule has 6 aromatic rings. The molecule has 0 fully saturated rings. The molecule has 2 aromatic heterocycles. The minimum atomic E-state index is -0.970. The average molecular weight is 514 g/mol. The molecule has 0 aliphatic rings. The first-order valence-corrected chi connectivity index (χ1v) is 12.9. The molecule has 192 valence electrons. The van der Waals surface area contributed by atoms with Gasteiger partial charge in [0.05, 0.1) is 18.5 Å². The van der Waals surface area contributed by atoms with Crippen LogP contribution >= 0.6 is 0 Å². The van der Waals surface area contributed by atoms with E-state index in [9.17, 15) is 9.90 Å². The van der Waals surface area contributed by atoms with Crippen molar-refractivity contribution in [2.24, 2.45) is 0 Å². The number of nitrogens with one attached hydrogen (secondary N) is 1. The van der Waals surface area contributed by atoms with Crippen LogP contribution in [0.2, 0.25) is 0 Å². The zero-order valence-corrected chi connectivity index (χ0v) is 21.2. The number of hydrogen-bond acceptors (Lipinski definition) is 3. The number of aromatic carboxylic acids is 1. The maximum atomic E-state index is 12.3. The van der Waals surface area contributed by atoms with Crippen LogP contribution < -0.4 is 4.74 Å². The first-order valence-electron chi connectivity index (χ1n) is 12.9. The number of para-hydroxylation sites is 1. The van der Waals surface area contributed by atoms with Crippen molar-refractivity contribution >= 4 is 39.4 Å². The van der Waals surface area contributed by atoms with E-state index in [1.54, 1.807) is 12.5 Å². The molecule has 0 bridgehead atoms. The van der Waals surface area contributed by atoms with E-state index >= 15 is 0 Å². The summed E-state index contributed by atoms with van der Waals surface area (Å²) in [4.78, 5) is 19.7. The topological polar surface area (TPSA) is 80.1 Å². The number of aryl methyl sites for hydroxylation is 1. The molecule has 0 saturated heterocycles. The molecule has 0 unspecified atom stereocenters. The fraction of sp³-hybridized carbons (Fsp3) is 0.0909. The van der Waals surface area contributed by atoms with E-state index in [1.807, 2.05) is 89.8 Å². The van der Waals surface area contributed by atoms with E-state index < -0.39 is 5.97 Å². The number of aromatic nitrogens is 3. The van der Waals surface area contributed by atoms with Gasteiger partial charge >= 0.3 is 5.97 Å². The predicted molar refractivity (Wildman–Crippen MR) is 155 cm³/mol. The number of aromatic amines is 1. The molecule has 2 heterocycles. The maximum Gasteiger partial charge on any atom is 0.352 e. The fourth-order valence-electron chi connectivity index (χ4n) is 5.11. The summed E-state index contributed by atoms with van der Waals surface area (Å²) in [7, 11) is 0. The van der Waals surface area contributed by atoms with E-state index in [4.69, 9.17) is 4.74 Å². The molecule has 6 nitrogen and oxygen atoms in total. The second-order valence-electron chi connectivity index (χ2n) is 9.36. The Morgan fingerprint density at radius 3 is 2.51 bits per heavy atom. The van der Waals surface area contributed by atoms with Crippen molar-refractivity contribution in [2.45, 2.75) is 12.8 Å². The van der Waals surface area contributed by atoms with Crippen molar-refractivity contribution in [2.75, 3.05) is 6.61 Å². The maximum absolute atomic E-state index is 12.3. The van der Waals surface area contributed by atoms with Crippen LogP contribution in [0.5, 0.6) is 5.75 Å². The van der Waals surface area contributed by atoms with Gasteiger partial charge in [0.15, 0.2) is 0 Å². The largest absolute Gasteiger partial charge is 0.493 e. The SMILES string of the molecule is O=C(O)c1[nH]c2c(/C(=C\n3ccnc3)c3ccccc3)cccc2c1CCCOc1cccc2ccccc12. The number of fused-ring (bicyclic) bond motifs is 2. The van der Waals surface area contributed by atoms with Gasteiger partial charge in [0.1, 0.15) is 11.4 Å². The molecule has 0 aliphatic carbocycles. The molecule has 6 rings (SSSR count). The summed E-state index contributed by atoms with van der Waals surface area (Å²) in [6.07, 6.45) is 8.61. The summed E-state index contributed by atoms with van der Waals surface area (Å²) >= 11 is 0. The van der Waals surface area contributed by atoms with Crippen molar-refractivity contribution in [1.82, 2.24) is 14.5 Å². The Morgan fingerprint density at radius 2 is 1.69 bits per heavy atom. The highest BCUT2D eigenvalue weighted by Crippen LogP contribution is 2.34. The van der Waals surface area contributed by atoms with Gasteiger partial charge in [-0.1, -0.05) is 84.9 Å². The van der Waals surface area contributed by atoms with Gasteiger partial charge in [0.25, 0.3) is 0 Å². The average Bonchev–Trinajstić information content (AvgIpc) is 3.63. The lowest BCUT2D eigenvalue weighted by atomic mass is 9.95. The number of rotatable bonds is 9. The van der Waals surface area contributed by atoms with Crippen LogP contribution in [0.15, 0.2) is 110 Å². The lowest BCUT2D eigenvalue weighted by Gasteiger charge is -2.11. The normalized spacial score (nSPS) is 11.7. The number of benzene rings is 4. The standard InChI is InChI=1S/C33H27N3O3/c37-33(38)32-27(16-8-20-39-30-17-6-12-23-11-4-5-13-25(23)30)26-14-7-15-28(31(26)35-32)29(21-36-19-18-34-22-36)24-9-2-1-3-10-24/h1-7,9-15,17-19,21-22,35H,8,16,20H2,(H,37,38)/b29-21-. The molecular weight excluding hydrogens is 486 g/mol. The third-order valence-corrected chi connectivity index (χ3v) is 6.91. The Labute approximate surface area is 225 Å². The zero-order chi connectivity index (χ0) is 26.6. The number of carboxylic acid groups (broad SMARTS) is 1. The van der Waals surface area contributed by atoms with Gasteiger partial charge in [-0.3, -0.25) is 0 Å². The number of H-pyrrole nitrogens is 1. The van der Waals surface area contributed by atoms with Crippen molar-refractivity contribution in [1.29, 1.82) is 0 Å². The van der Waals surface area contributed by atoms with Crippen LogP contribution in [-0.4, -0.2) is 32.2 Å². The summed E-state index contributed by atoms with van der Waals surface area (Å²) in [6.45, 7) is 0.481. The van der Waals surface area contributed by atoms with Gasteiger partial charge in [-0.15, -0.1) is 0 Å². The van der Waals surface area contributed by atoms with Gasteiger partial charge in [-0.05, 0) is 35.4 Å². The minimum absolute atomic E-state index is 0.220. The van der Waals surface area contributed by atoms with Crippen LogP contribution in [0, 0.1) is 0 Å². The smallest absolute Gasteiger partial charge is 0.352 e. The van der Waals surface area contributed by atoms with Crippen LogP contribution in [0.1, 0.15) is 33.6 Å². The van der Waals surface area contributed by atoms with E-state index in [0.29, 0.717) is 19.4 Å². The van der Waals surface area contributed by atoms with Crippen LogP contribution in [-0.2, 0) is 6.42 Å². The highest BCUT2D eigenvalue weighted by atomic mass is 16.5. The second-order valence-corrected chi connectivity index (χ2v) is 9.36. The van der Waals surface area contributed by atoms with Gasteiger partial charge in [0, 0.05) is 40.5 Å². The summed E-state index contributed by atoms with van der Waals surface area (Å²) in [5.74, 6) is -0.133. The van der Waals surface area contributed by atoms with Crippen LogP contribution in [0.3, 0.4) is 0 Å². The van der Waals surface area contributed by atoms with Crippen molar-refractivity contribution in [3.8, 4) is 5.75 Å². The quantitative estimate of drug-likeness (QED) is 0.199. The van der Waals surface area contributed by atoms with Crippen LogP contribution in [0.25, 0.3) is 33.4 Å². The molecule has 4 aromatic carbocycles. The second kappa shape index (κ2) is 10.7. The number of imidazole rings is 1. The van der Waals surface area contributed by atoms with E-state index in [1.165, 1.54) is 0 Å². The number of ether oxygens (including phenoxy) is 1. The molecule has 0 aliphatic heterocycles. The fourth-order valence-corrected chi connectivity index (χ4v) is 5.11. The molecule has 0 saturated carbocycles. The van der Waals surface area contributed by atoms with Crippen molar-refractivity contribution < 1.29 is 14.6 Å². The monoisotopic (exact) mass is 513 g/mol. The molecule has 6 heteroatoms. The molecule has 0 radical (unpaired) electrons. The Balaban J connectivity index is 1.33. The van der Waals surface area contributed by atoms with E-state index in [0.717, 1.165) is 49.7 Å². The highest BCUT2D eigenvalue weighted by Gasteiger charge is 2.20. The molecular formula is C33H27N3O3. The van der Waals surface area contributed by atoms with Gasteiger partial charge in [-0.2, -0.15) is 0 Å². The number of nitrogens with zero attached hydrogens (tertiary/aromatic N) is 2. The van der Waals surface area contributed by atoms with Crippen molar-refractivity contribution in [3.05, 3.63) is 132 Å². The molecule has 0 atom stereocenters. The van der Waals surface area contributed by atoms with E-state index in [2.05, 4.69) is 28.2 Å². The first-order chi connectivity index (χ1) is 19.2. The Kier molecular flexibility index (Phi) is 6.66. The first kappa shape index (κ1) is 24.2. The number of carboxylic acids is 1. The van der Waals surface area contributed by atoms with Crippen molar-refractivity contribution in [3.63, 3.8) is 0 Å². The zero-order valence-electron chi connectivity index (χ0n) is 21.2. The number of carbonyl (C=O) groups is 1. The molecule has 0 spiro atoms. The summed E-state index contributed by atoms with van der Waals surface area (Å²) in [5, 5.41) is 13.2. The highest BCUT2D eigenvalue weighted by molar-refractivity contribution is 6.04. The van der Waals surface area contributed by atoms with E-state index in [-0.39, 0.29) is 5.69 Å². The molecule has 0 amide bonds. The van der Waals surface area contributed by atoms with Gasteiger partial charge < -0.3 is 19.4 Å². The lowest BCUT2D eigenvalue weighted by Crippen LogP contribution is -2.04. The number of hydrogen-bond donors (Lipinski definition) is 2. The third kappa shape index (κ3) is 4.92. The Morgan fingerprint density at radius 1 is 0.923 bits per heavy atom. The predicted octanol–water partition coefficient (Wildman–Crippen LogP) is 7.27. The van der Waals surface area contributed by atoms with Crippen LogP contribution in [0.4, 0.5) is 0 Å².